The third-order valence-electron chi connectivity index (χ3n) is 5.36. The van der Waals surface area contributed by atoms with Gasteiger partial charge < -0.3 is 5.11 Å². The number of fused-ring (bicyclic) bond motifs is 1. The molecule has 1 aromatic heterocycles. The molecule has 0 aliphatic carbocycles. The molecule has 0 aliphatic rings. The number of rotatable bonds is 6. The van der Waals surface area contributed by atoms with Crippen LogP contribution in [-0.4, -0.2) is 21.3 Å². The number of nitrogens with one attached hydrogen (secondary N) is 1. The van der Waals surface area contributed by atoms with Crippen LogP contribution in [-0.2, 0) is 4.79 Å². The van der Waals surface area contributed by atoms with Crippen molar-refractivity contribution in [2.24, 2.45) is 0 Å². The normalized spacial score (nSPS) is 12.4. The van der Waals surface area contributed by atoms with Crippen molar-refractivity contribution in [2.75, 3.05) is 0 Å². The Morgan fingerprint density at radius 1 is 1.09 bits per heavy atom. The van der Waals surface area contributed by atoms with Gasteiger partial charge >= 0.3 is 5.97 Å². The van der Waals surface area contributed by atoms with Crippen LogP contribution < -0.4 is 0 Å². The lowest BCUT2D eigenvalue weighted by atomic mass is 9.87. The molecule has 0 atom stereocenters. The fourth-order valence-electron chi connectivity index (χ4n) is 3.83. The van der Waals surface area contributed by atoms with Crippen molar-refractivity contribution in [1.82, 2.24) is 10.2 Å². The van der Waals surface area contributed by atoms with Crippen LogP contribution in [0.2, 0.25) is 10.0 Å². The number of allylic oxidation sites excluding steroid dienone is 1. The van der Waals surface area contributed by atoms with E-state index in [1.165, 1.54) is 18.2 Å². The maximum absolute atomic E-state index is 13.8. The number of aliphatic carboxylic acids is 1. The molecule has 3 aromatic carbocycles. The quantitative estimate of drug-likeness (QED) is 0.222. The zero-order valence-electron chi connectivity index (χ0n) is 17.6. The van der Waals surface area contributed by atoms with Gasteiger partial charge in [0.2, 0.25) is 0 Å². The van der Waals surface area contributed by atoms with E-state index in [1.54, 1.807) is 12.3 Å². The van der Waals surface area contributed by atoms with Gasteiger partial charge in [-0.1, -0.05) is 66.5 Å². The van der Waals surface area contributed by atoms with E-state index in [0.29, 0.717) is 22.0 Å². The largest absolute Gasteiger partial charge is 0.478 e. The average molecular weight is 481 g/mol. The number of benzene rings is 3. The Morgan fingerprint density at radius 3 is 2.48 bits per heavy atom. The number of hydrogen-bond acceptors (Lipinski definition) is 2. The van der Waals surface area contributed by atoms with Crippen molar-refractivity contribution in [1.29, 1.82) is 0 Å². The predicted octanol–water partition coefficient (Wildman–Crippen LogP) is 7.48. The van der Waals surface area contributed by atoms with Crippen molar-refractivity contribution in [2.45, 2.75) is 13.3 Å². The Morgan fingerprint density at radius 2 is 1.82 bits per heavy atom. The van der Waals surface area contributed by atoms with E-state index in [4.69, 9.17) is 28.3 Å². The molecule has 0 aliphatic heterocycles. The Balaban J connectivity index is 1.98. The van der Waals surface area contributed by atoms with Gasteiger partial charge in [0.05, 0.1) is 21.8 Å². The Hall–Kier alpha value is -3.41. The molecule has 2 N–H and O–H groups in total. The minimum absolute atomic E-state index is 0.311. The van der Waals surface area contributed by atoms with Gasteiger partial charge in [-0.05, 0) is 58.5 Å². The van der Waals surface area contributed by atoms with E-state index in [2.05, 4.69) is 10.2 Å². The molecule has 0 radical (unpaired) electrons. The maximum Gasteiger partial charge on any atom is 0.328 e. The second-order valence-corrected chi connectivity index (χ2v) is 8.17. The van der Waals surface area contributed by atoms with Gasteiger partial charge in [-0.15, -0.1) is 0 Å². The minimum Gasteiger partial charge on any atom is -0.478 e. The first-order valence-electron chi connectivity index (χ1n) is 10.2. The molecule has 0 bridgehead atoms. The van der Waals surface area contributed by atoms with Crippen LogP contribution in [0.15, 0.2) is 66.9 Å². The number of halogens is 3. The van der Waals surface area contributed by atoms with E-state index in [1.807, 2.05) is 43.3 Å². The standard InChI is InChI=1S/C26H19Cl2FN2O2/c1-2-18(19-9-8-17(29)13-22(19)27)25(16-6-3-15(4-7-16)5-12-24(32)33)20-10-11-23-21(26(20)28)14-30-31-23/h3-14H,2H2,1H3,(H,30,31)(H,32,33)/b12-5+,25-18+. The van der Waals surface area contributed by atoms with Crippen molar-refractivity contribution in [3.8, 4) is 0 Å². The summed E-state index contributed by atoms with van der Waals surface area (Å²) in [5, 5.41) is 17.5. The molecule has 166 valence electrons. The summed E-state index contributed by atoms with van der Waals surface area (Å²) in [6.07, 6.45) is 4.90. The summed E-state index contributed by atoms with van der Waals surface area (Å²) in [6, 6.07) is 15.7. The molecule has 0 spiro atoms. The van der Waals surface area contributed by atoms with Crippen LogP contribution in [0.3, 0.4) is 0 Å². The topological polar surface area (TPSA) is 66.0 Å². The molecule has 0 fully saturated rings. The molecular weight excluding hydrogens is 462 g/mol. The number of H-pyrrole nitrogens is 1. The average Bonchev–Trinajstić information content (AvgIpc) is 3.28. The number of carbonyl (C=O) groups is 1. The van der Waals surface area contributed by atoms with Crippen LogP contribution in [0, 0.1) is 5.82 Å². The molecule has 0 saturated carbocycles. The Bertz CT molecular complexity index is 1410. The van der Waals surface area contributed by atoms with E-state index in [-0.39, 0.29) is 0 Å². The monoisotopic (exact) mass is 480 g/mol. The second-order valence-electron chi connectivity index (χ2n) is 7.38. The zero-order chi connectivity index (χ0) is 23.5. The van der Waals surface area contributed by atoms with Gasteiger partial charge in [-0.3, -0.25) is 5.10 Å². The highest BCUT2D eigenvalue weighted by atomic mass is 35.5. The number of hydrogen-bond donors (Lipinski definition) is 2. The summed E-state index contributed by atoms with van der Waals surface area (Å²) in [7, 11) is 0. The Kier molecular flexibility index (Phi) is 6.63. The molecule has 1 heterocycles. The first-order valence-corrected chi connectivity index (χ1v) is 11.0. The fourth-order valence-corrected chi connectivity index (χ4v) is 4.42. The smallest absolute Gasteiger partial charge is 0.328 e. The SMILES string of the molecule is CC/C(=C(/c1ccc(/C=C/C(=O)O)cc1)c1ccc2[nH]ncc2c1Cl)c1ccc(F)cc1Cl. The number of aromatic nitrogens is 2. The lowest BCUT2D eigenvalue weighted by Gasteiger charge is -2.19. The van der Waals surface area contributed by atoms with E-state index in [0.717, 1.165) is 44.8 Å². The van der Waals surface area contributed by atoms with Crippen molar-refractivity contribution < 1.29 is 14.3 Å². The van der Waals surface area contributed by atoms with E-state index >= 15 is 0 Å². The number of carboxylic acids is 1. The summed E-state index contributed by atoms with van der Waals surface area (Å²) in [6.45, 7) is 2.00. The molecule has 33 heavy (non-hydrogen) atoms. The summed E-state index contributed by atoms with van der Waals surface area (Å²) >= 11 is 13.3. The van der Waals surface area contributed by atoms with Gasteiger partial charge in [0.15, 0.2) is 0 Å². The van der Waals surface area contributed by atoms with Crippen LogP contribution in [0.1, 0.15) is 35.6 Å². The maximum atomic E-state index is 13.8. The van der Waals surface area contributed by atoms with Crippen LogP contribution >= 0.6 is 23.2 Å². The summed E-state index contributed by atoms with van der Waals surface area (Å²) in [5.41, 5.74) is 5.69. The number of carboxylic acid groups (broad SMARTS) is 1. The highest BCUT2D eigenvalue weighted by molar-refractivity contribution is 6.38. The van der Waals surface area contributed by atoms with Crippen LogP contribution in [0.25, 0.3) is 28.1 Å². The first-order chi connectivity index (χ1) is 15.9. The molecular formula is C26H19Cl2FN2O2. The molecule has 0 unspecified atom stereocenters. The van der Waals surface area contributed by atoms with Crippen molar-refractivity contribution in [3.05, 3.63) is 105 Å². The van der Waals surface area contributed by atoms with Gasteiger partial charge in [-0.25, -0.2) is 9.18 Å². The van der Waals surface area contributed by atoms with Crippen LogP contribution in [0.4, 0.5) is 4.39 Å². The summed E-state index contributed by atoms with van der Waals surface area (Å²) in [5.74, 6) is -1.42. The predicted molar refractivity (Wildman–Crippen MR) is 132 cm³/mol. The third kappa shape index (κ3) is 4.70. The van der Waals surface area contributed by atoms with Gasteiger partial charge in [0, 0.05) is 17.0 Å². The van der Waals surface area contributed by atoms with Crippen molar-refractivity contribution >= 4 is 57.3 Å². The minimum atomic E-state index is -1.01. The molecule has 0 saturated heterocycles. The van der Waals surface area contributed by atoms with E-state index < -0.39 is 11.8 Å². The fraction of sp³-hybridized carbons (Fsp3) is 0.0769. The third-order valence-corrected chi connectivity index (χ3v) is 6.08. The molecule has 0 amide bonds. The second kappa shape index (κ2) is 9.61. The lowest BCUT2D eigenvalue weighted by molar-refractivity contribution is -0.131. The van der Waals surface area contributed by atoms with Gasteiger partial charge in [-0.2, -0.15) is 5.10 Å². The molecule has 4 rings (SSSR count). The molecule has 4 nitrogen and oxygen atoms in total. The lowest BCUT2D eigenvalue weighted by Crippen LogP contribution is -1.97. The van der Waals surface area contributed by atoms with Gasteiger partial charge in [0.1, 0.15) is 5.82 Å². The molecule has 7 heteroatoms. The van der Waals surface area contributed by atoms with Crippen LogP contribution in [0.5, 0.6) is 0 Å². The highest BCUT2D eigenvalue weighted by Gasteiger charge is 2.19. The van der Waals surface area contributed by atoms with E-state index in [9.17, 15) is 9.18 Å². The first kappa shape index (κ1) is 22.8. The van der Waals surface area contributed by atoms with Crippen molar-refractivity contribution in [3.63, 3.8) is 0 Å². The van der Waals surface area contributed by atoms with Gasteiger partial charge in [0.25, 0.3) is 0 Å². The summed E-state index contributed by atoms with van der Waals surface area (Å²) < 4.78 is 13.8. The number of aromatic amines is 1. The Labute approximate surface area is 200 Å². The zero-order valence-corrected chi connectivity index (χ0v) is 19.1. The summed E-state index contributed by atoms with van der Waals surface area (Å²) in [4.78, 5) is 10.8. The molecule has 4 aromatic rings. The number of nitrogens with zero attached hydrogens (tertiary/aromatic N) is 1. The highest BCUT2D eigenvalue weighted by Crippen LogP contribution is 2.41.